The maximum Gasteiger partial charge on any atom is 0.246 e. The van der Waals surface area contributed by atoms with Gasteiger partial charge >= 0.3 is 0 Å². The molecule has 0 radical (unpaired) electrons. The molecule has 222 valence electrons. The normalized spacial score (nSPS) is 22.5. The van der Waals surface area contributed by atoms with E-state index in [1.54, 1.807) is 6.26 Å². The van der Waals surface area contributed by atoms with Gasteiger partial charge in [0.05, 0.1) is 0 Å². The Morgan fingerprint density at radius 3 is 2.20 bits per heavy atom. The number of piperazine rings is 1. The molecule has 2 saturated heterocycles. The van der Waals surface area contributed by atoms with Gasteiger partial charge in [0.2, 0.25) is 11.8 Å². The molecule has 7 nitrogen and oxygen atoms in total. The molecule has 2 amide bonds. The molecule has 41 heavy (non-hydrogen) atoms. The van der Waals surface area contributed by atoms with Crippen LogP contribution in [0.5, 0.6) is 11.5 Å². The standard InChI is InChI=1S/C33H45N3O4S/c1-3-4-20-36-31(37)30(23-25-8-6-5-7-9-25)34-32(38)33(36)18-21-35(22-19-33)24-26-10-12-27(13-11-26)40-28-14-16-29(17-15-28)41(2)39/h10-17,25,30H,3-9,18-24H2,1-2H3,(H,34,38). The van der Waals surface area contributed by atoms with Gasteiger partial charge in [-0.25, -0.2) is 0 Å². The molecule has 3 aliphatic rings. The molecule has 8 heteroatoms. The molecule has 2 aromatic rings. The summed E-state index contributed by atoms with van der Waals surface area (Å²) in [5.74, 6) is 2.22. The quantitative estimate of drug-likeness (QED) is 0.394. The molecular weight excluding hydrogens is 534 g/mol. The molecule has 1 aliphatic carbocycles. The zero-order valence-corrected chi connectivity index (χ0v) is 25.4. The minimum absolute atomic E-state index is 0.0633. The highest BCUT2D eigenvalue weighted by Crippen LogP contribution is 2.36. The summed E-state index contributed by atoms with van der Waals surface area (Å²) in [5, 5.41) is 3.20. The SMILES string of the molecule is CCCCN1C(=O)C(CC2CCCCC2)NC(=O)C12CCN(Cc1ccc(Oc3ccc(S(C)=O)cc3)cc1)CC2. The summed E-state index contributed by atoms with van der Waals surface area (Å²) in [7, 11) is -1.01. The largest absolute Gasteiger partial charge is 0.457 e. The number of likely N-dealkylation sites (tertiary alicyclic amines) is 1. The molecule has 2 aromatic carbocycles. The fourth-order valence-electron chi connectivity index (χ4n) is 6.77. The van der Waals surface area contributed by atoms with E-state index in [1.165, 1.54) is 37.7 Å². The van der Waals surface area contributed by atoms with E-state index >= 15 is 0 Å². The van der Waals surface area contributed by atoms with Crippen LogP contribution in [0.3, 0.4) is 0 Å². The monoisotopic (exact) mass is 579 g/mol. The maximum absolute atomic E-state index is 13.8. The number of nitrogens with zero attached hydrogens (tertiary/aromatic N) is 2. The van der Waals surface area contributed by atoms with Crippen LogP contribution in [-0.4, -0.2) is 63.3 Å². The van der Waals surface area contributed by atoms with Crippen molar-refractivity contribution in [2.24, 2.45) is 5.92 Å². The van der Waals surface area contributed by atoms with Crippen LogP contribution in [0.4, 0.5) is 0 Å². The first kappa shape index (κ1) is 29.8. The van der Waals surface area contributed by atoms with Crippen LogP contribution < -0.4 is 10.1 Å². The van der Waals surface area contributed by atoms with Gasteiger partial charge in [-0.15, -0.1) is 0 Å². The molecule has 1 spiro atoms. The van der Waals surface area contributed by atoms with E-state index in [1.807, 2.05) is 41.3 Å². The Kier molecular flexibility index (Phi) is 9.81. The fraction of sp³-hybridized carbons (Fsp3) is 0.576. The van der Waals surface area contributed by atoms with E-state index < -0.39 is 16.3 Å². The molecule has 2 atom stereocenters. The average molecular weight is 580 g/mol. The first-order chi connectivity index (χ1) is 19.9. The van der Waals surface area contributed by atoms with Crippen LogP contribution in [-0.2, 0) is 26.9 Å². The van der Waals surface area contributed by atoms with Crippen LogP contribution in [0.15, 0.2) is 53.4 Å². The van der Waals surface area contributed by atoms with Crippen LogP contribution in [0.1, 0.15) is 76.7 Å². The number of hydrogen-bond donors (Lipinski definition) is 1. The van der Waals surface area contributed by atoms with Crippen LogP contribution in [0, 0.1) is 5.92 Å². The highest BCUT2D eigenvalue weighted by molar-refractivity contribution is 7.84. The summed E-state index contributed by atoms with van der Waals surface area (Å²) in [4.78, 5) is 32.6. The summed E-state index contributed by atoms with van der Waals surface area (Å²) < 4.78 is 17.6. The van der Waals surface area contributed by atoms with Crippen molar-refractivity contribution in [1.29, 1.82) is 0 Å². The number of carbonyl (C=O) groups is 2. The Labute approximate surface area is 247 Å². The van der Waals surface area contributed by atoms with Gasteiger partial charge < -0.3 is 15.0 Å². The molecule has 1 saturated carbocycles. The molecule has 0 bridgehead atoms. The second kappa shape index (κ2) is 13.5. The van der Waals surface area contributed by atoms with Gasteiger partial charge in [0.15, 0.2) is 0 Å². The number of carbonyl (C=O) groups excluding carboxylic acids is 2. The first-order valence-electron chi connectivity index (χ1n) is 15.4. The number of ether oxygens (including phenoxy) is 1. The van der Waals surface area contributed by atoms with E-state index in [0.717, 1.165) is 49.5 Å². The number of benzene rings is 2. The fourth-order valence-corrected chi connectivity index (χ4v) is 7.29. The van der Waals surface area contributed by atoms with E-state index in [2.05, 4.69) is 29.3 Å². The van der Waals surface area contributed by atoms with E-state index in [0.29, 0.717) is 31.1 Å². The Balaban J connectivity index is 1.18. The van der Waals surface area contributed by atoms with Gasteiger partial charge in [-0.05, 0) is 73.6 Å². The van der Waals surface area contributed by atoms with Crippen LogP contribution in [0.2, 0.25) is 0 Å². The van der Waals surface area contributed by atoms with Gasteiger partial charge in [-0.2, -0.15) is 0 Å². The van der Waals surface area contributed by atoms with Crippen molar-refractivity contribution in [2.75, 3.05) is 25.9 Å². The van der Waals surface area contributed by atoms with Crippen molar-refractivity contribution in [1.82, 2.24) is 15.1 Å². The highest BCUT2D eigenvalue weighted by atomic mass is 32.2. The molecule has 2 heterocycles. The predicted octanol–water partition coefficient (Wildman–Crippen LogP) is 5.65. The number of unbranched alkanes of at least 4 members (excludes halogenated alkanes) is 1. The molecule has 5 rings (SSSR count). The summed E-state index contributed by atoms with van der Waals surface area (Å²) in [5.41, 5.74) is 0.466. The van der Waals surface area contributed by atoms with Crippen molar-refractivity contribution >= 4 is 22.6 Å². The number of amides is 2. The molecule has 2 aliphatic heterocycles. The van der Waals surface area contributed by atoms with Gasteiger partial charge in [0.1, 0.15) is 23.1 Å². The van der Waals surface area contributed by atoms with Crippen LogP contribution >= 0.6 is 0 Å². The molecular formula is C33H45N3O4S. The van der Waals surface area contributed by atoms with E-state index in [9.17, 15) is 13.8 Å². The predicted molar refractivity (Wildman–Crippen MR) is 162 cm³/mol. The van der Waals surface area contributed by atoms with Crippen molar-refractivity contribution < 1.29 is 18.5 Å². The third-order valence-corrected chi connectivity index (χ3v) is 10.2. The Hall–Kier alpha value is -2.71. The minimum Gasteiger partial charge on any atom is -0.457 e. The van der Waals surface area contributed by atoms with Gasteiger partial charge in [0.25, 0.3) is 0 Å². The van der Waals surface area contributed by atoms with Gasteiger partial charge in [0, 0.05) is 48.1 Å². The summed E-state index contributed by atoms with van der Waals surface area (Å²) >= 11 is 0. The number of piperidine rings is 1. The summed E-state index contributed by atoms with van der Waals surface area (Å²) in [6.07, 6.45) is 11.9. The zero-order chi connectivity index (χ0) is 28.8. The number of hydrogen-bond acceptors (Lipinski definition) is 5. The number of rotatable bonds is 10. The second-order valence-electron chi connectivity index (χ2n) is 12.1. The molecule has 2 unspecified atom stereocenters. The average Bonchev–Trinajstić information content (AvgIpc) is 2.99. The summed E-state index contributed by atoms with van der Waals surface area (Å²) in [6.45, 7) is 5.16. The molecule has 3 fully saturated rings. The molecule has 1 N–H and O–H groups in total. The Bertz CT molecular complexity index is 1200. The van der Waals surface area contributed by atoms with Crippen LogP contribution in [0.25, 0.3) is 0 Å². The lowest BCUT2D eigenvalue weighted by atomic mass is 9.79. The van der Waals surface area contributed by atoms with Gasteiger partial charge in [-0.3, -0.25) is 18.7 Å². The second-order valence-corrected chi connectivity index (χ2v) is 13.5. The van der Waals surface area contributed by atoms with Crippen molar-refractivity contribution in [3.63, 3.8) is 0 Å². The van der Waals surface area contributed by atoms with E-state index in [4.69, 9.17) is 4.74 Å². The topological polar surface area (TPSA) is 79.0 Å². The number of nitrogens with one attached hydrogen (secondary N) is 1. The smallest absolute Gasteiger partial charge is 0.246 e. The van der Waals surface area contributed by atoms with E-state index in [-0.39, 0.29) is 17.9 Å². The minimum atomic E-state index is -1.01. The maximum atomic E-state index is 13.8. The Morgan fingerprint density at radius 1 is 0.951 bits per heavy atom. The van der Waals surface area contributed by atoms with Crippen molar-refractivity contribution in [2.45, 2.75) is 94.2 Å². The third kappa shape index (κ3) is 7.03. The highest BCUT2D eigenvalue weighted by Gasteiger charge is 2.53. The van der Waals surface area contributed by atoms with Crippen molar-refractivity contribution in [3.8, 4) is 11.5 Å². The lowest BCUT2D eigenvalue weighted by Gasteiger charge is -2.52. The Morgan fingerprint density at radius 2 is 1.59 bits per heavy atom. The van der Waals surface area contributed by atoms with Gasteiger partial charge in [-0.1, -0.05) is 57.6 Å². The lowest BCUT2D eigenvalue weighted by Crippen LogP contribution is -2.73. The first-order valence-corrected chi connectivity index (χ1v) is 17.0. The third-order valence-electron chi connectivity index (χ3n) is 9.24. The zero-order valence-electron chi connectivity index (χ0n) is 24.6. The van der Waals surface area contributed by atoms with Crippen molar-refractivity contribution in [3.05, 3.63) is 54.1 Å². The summed E-state index contributed by atoms with van der Waals surface area (Å²) in [6, 6.07) is 15.1. The molecule has 0 aromatic heterocycles. The lowest BCUT2D eigenvalue weighted by molar-refractivity contribution is -0.162.